The van der Waals surface area contributed by atoms with Gasteiger partial charge in [-0.05, 0) is 37.0 Å². The minimum Gasteiger partial charge on any atom is -0.368 e. The van der Waals surface area contributed by atoms with E-state index in [1.54, 1.807) is 0 Å². The molecule has 4 nitrogen and oxygen atoms in total. The molecule has 0 aliphatic heterocycles. The summed E-state index contributed by atoms with van der Waals surface area (Å²) in [6.07, 6.45) is 4.67. The van der Waals surface area contributed by atoms with E-state index in [4.69, 9.17) is 10.6 Å². The van der Waals surface area contributed by atoms with Crippen LogP contribution in [0.25, 0.3) is 0 Å². The molecule has 1 aliphatic carbocycles. The molecule has 0 atom stereocenters. The van der Waals surface area contributed by atoms with Gasteiger partial charge in [0.2, 0.25) is 5.91 Å². The van der Waals surface area contributed by atoms with Crippen LogP contribution in [0.1, 0.15) is 46.5 Å². The molecule has 4 heteroatoms. The summed E-state index contributed by atoms with van der Waals surface area (Å²) in [6.45, 7) is 6.86. The Morgan fingerprint density at radius 1 is 1.31 bits per heavy atom. The second-order valence-corrected chi connectivity index (χ2v) is 5.79. The lowest BCUT2D eigenvalue weighted by molar-refractivity contribution is -0.126. The van der Waals surface area contributed by atoms with Crippen molar-refractivity contribution in [2.75, 3.05) is 6.61 Å². The van der Waals surface area contributed by atoms with Gasteiger partial charge < -0.3 is 5.73 Å². The third-order valence-electron chi connectivity index (χ3n) is 3.42. The third-order valence-corrected chi connectivity index (χ3v) is 3.42. The molecule has 94 valence electrons. The molecular weight excluding hydrogens is 204 g/mol. The lowest BCUT2D eigenvalue weighted by Crippen LogP contribution is -2.37. The number of carbonyl (C=O) groups is 1. The molecule has 0 aromatic heterocycles. The molecule has 16 heavy (non-hydrogen) atoms. The van der Waals surface area contributed by atoms with E-state index in [1.165, 1.54) is 12.8 Å². The smallest absolute Gasteiger partial charge is 0.245 e. The zero-order valence-electron chi connectivity index (χ0n) is 10.6. The first kappa shape index (κ1) is 13.5. The summed E-state index contributed by atoms with van der Waals surface area (Å²) in [5.74, 6) is 0.359. The molecule has 1 saturated carbocycles. The SMILES string of the molecule is CC(C)(C)C1CCC(NOCC(N)=O)CC1. The van der Waals surface area contributed by atoms with Crippen molar-refractivity contribution < 1.29 is 9.63 Å². The molecule has 0 spiro atoms. The fourth-order valence-electron chi connectivity index (χ4n) is 2.31. The van der Waals surface area contributed by atoms with Gasteiger partial charge in [0.25, 0.3) is 0 Å². The molecule has 1 rings (SSSR count). The quantitative estimate of drug-likeness (QED) is 0.718. The van der Waals surface area contributed by atoms with Crippen LogP contribution in [0.5, 0.6) is 0 Å². The van der Waals surface area contributed by atoms with Gasteiger partial charge in [0.05, 0.1) is 0 Å². The van der Waals surface area contributed by atoms with Crippen LogP contribution in [-0.4, -0.2) is 18.6 Å². The normalized spacial score (nSPS) is 26.7. The van der Waals surface area contributed by atoms with Crippen LogP contribution in [-0.2, 0) is 9.63 Å². The number of nitrogens with one attached hydrogen (secondary N) is 1. The van der Waals surface area contributed by atoms with E-state index in [2.05, 4.69) is 26.3 Å². The molecule has 0 saturated heterocycles. The largest absolute Gasteiger partial charge is 0.368 e. The third kappa shape index (κ3) is 4.49. The van der Waals surface area contributed by atoms with Crippen LogP contribution in [0, 0.1) is 11.3 Å². The monoisotopic (exact) mass is 228 g/mol. The maximum Gasteiger partial charge on any atom is 0.245 e. The second kappa shape index (κ2) is 5.64. The van der Waals surface area contributed by atoms with E-state index in [1.807, 2.05) is 0 Å². The number of hydrogen-bond donors (Lipinski definition) is 2. The highest BCUT2D eigenvalue weighted by atomic mass is 16.6. The highest BCUT2D eigenvalue weighted by Gasteiger charge is 2.29. The van der Waals surface area contributed by atoms with E-state index in [9.17, 15) is 4.79 Å². The maximum atomic E-state index is 10.5. The molecule has 0 aromatic rings. The van der Waals surface area contributed by atoms with Crippen molar-refractivity contribution in [3.8, 4) is 0 Å². The first-order valence-electron chi connectivity index (χ1n) is 6.05. The number of hydroxylamine groups is 1. The van der Waals surface area contributed by atoms with Gasteiger partial charge in [-0.2, -0.15) is 5.48 Å². The standard InChI is InChI=1S/C12H24N2O2/c1-12(2,3)9-4-6-10(7-5-9)14-16-8-11(13)15/h9-10,14H,4-8H2,1-3H3,(H2,13,15). The maximum absolute atomic E-state index is 10.5. The van der Waals surface area contributed by atoms with Crippen molar-refractivity contribution in [2.45, 2.75) is 52.5 Å². The van der Waals surface area contributed by atoms with Gasteiger partial charge in [-0.3, -0.25) is 9.63 Å². The lowest BCUT2D eigenvalue weighted by atomic mass is 9.71. The van der Waals surface area contributed by atoms with Crippen molar-refractivity contribution in [1.82, 2.24) is 5.48 Å². The molecule has 0 unspecified atom stereocenters. The van der Waals surface area contributed by atoms with Crippen LogP contribution in [0.15, 0.2) is 0 Å². The van der Waals surface area contributed by atoms with E-state index in [-0.39, 0.29) is 6.61 Å². The highest BCUT2D eigenvalue weighted by molar-refractivity contribution is 5.74. The lowest BCUT2D eigenvalue weighted by Gasteiger charge is -2.36. The fraction of sp³-hybridized carbons (Fsp3) is 0.917. The van der Waals surface area contributed by atoms with Crippen molar-refractivity contribution >= 4 is 5.91 Å². The van der Waals surface area contributed by atoms with Crippen LogP contribution >= 0.6 is 0 Å². The fourth-order valence-corrected chi connectivity index (χ4v) is 2.31. The molecule has 1 amide bonds. The summed E-state index contributed by atoms with van der Waals surface area (Å²) in [5.41, 5.74) is 8.31. The summed E-state index contributed by atoms with van der Waals surface area (Å²) >= 11 is 0. The van der Waals surface area contributed by atoms with Crippen LogP contribution in [0.4, 0.5) is 0 Å². The number of primary amides is 1. The van der Waals surface area contributed by atoms with Gasteiger partial charge in [0.1, 0.15) is 6.61 Å². The van der Waals surface area contributed by atoms with Crippen LogP contribution in [0.2, 0.25) is 0 Å². The topological polar surface area (TPSA) is 64.3 Å². The first-order chi connectivity index (χ1) is 7.39. The van der Waals surface area contributed by atoms with Crippen molar-refractivity contribution in [2.24, 2.45) is 17.1 Å². The number of rotatable bonds is 4. The molecule has 1 fully saturated rings. The van der Waals surface area contributed by atoms with E-state index in [0.717, 1.165) is 18.8 Å². The summed E-state index contributed by atoms with van der Waals surface area (Å²) < 4.78 is 0. The number of carbonyl (C=O) groups excluding carboxylic acids is 1. The summed E-state index contributed by atoms with van der Waals surface area (Å²) in [7, 11) is 0. The summed E-state index contributed by atoms with van der Waals surface area (Å²) in [6, 6.07) is 0.373. The summed E-state index contributed by atoms with van der Waals surface area (Å²) in [5, 5.41) is 0. The average molecular weight is 228 g/mol. The van der Waals surface area contributed by atoms with E-state index in [0.29, 0.717) is 11.5 Å². The zero-order chi connectivity index (χ0) is 12.2. The van der Waals surface area contributed by atoms with Crippen molar-refractivity contribution in [3.05, 3.63) is 0 Å². The van der Waals surface area contributed by atoms with E-state index < -0.39 is 5.91 Å². The molecule has 0 heterocycles. The average Bonchev–Trinajstić information content (AvgIpc) is 2.16. The second-order valence-electron chi connectivity index (χ2n) is 5.79. The highest BCUT2D eigenvalue weighted by Crippen LogP contribution is 2.37. The van der Waals surface area contributed by atoms with Gasteiger partial charge in [0, 0.05) is 6.04 Å². The minimum absolute atomic E-state index is 0.0425. The molecule has 0 radical (unpaired) electrons. The Kier molecular flexibility index (Phi) is 4.74. The predicted octanol–water partition coefficient (Wildman–Crippen LogP) is 1.60. The zero-order valence-corrected chi connectivity index (χ0v) is 10.6. The first-order valence-corrected chi connectivity index (χ1v) is 6.05. The predicted molar refractivity (Wildman–Crippen MR) is 63.5 cm³/mol. The molecular formula is C12H24N2O2. The Labute approximate surface area is 97.9 Å². The Morgan fingerprint density at radius 2 is 1.88 bits per heavy atom. The van der Waals surface area contributed by atoms with Gasteiger partial charge in [-0.15, -0.1) is 0 Å². The molecule has 0 bridgehead atoms. The molecule has 1 aliphatic rings. The number of amides is 1. The Morgan fingerprint density at radius 3 is 2.31 bits per heavy atom. The van der Waals surface area contributed by atoms with Crippen molar-refractivity contribution in [3.63, 3.8) is 0 Å². The molecule has 0 aromatic carbocycles. The van der Waals surface area contributed by atoms with Crippen LogP contribution in [0.3, 0.4) is 0 Å². The van der Waals surface area contributed by atoms with Crippen LogP contribution < -0.4 is 11.2 Å². The van der Waals surface area contributed by atoms with Gasteiger partial charge in [-0.25, -0.2) is 0 Å². The van der Waals surface area contributed by atoms with Gasteiger partial charge in [0.15, 0.2) is 0 Å². The number of hydrogen-bond acceptors (Lipinski definition) is 3. The molecule has 3 N–H and O–H groups in total. The Hall–Kier alpha value is -0.610. The number of nitrogens with two attached hydrogens (primary N) is 1. The summed E-state index contributed by atoms with van der Waals surface area (Å²) in [4.78, 5) is 15.5. The minimum atomic E-state index is -0.434. The van der Waals surface area contributed by atoms with Gasteiger partial charge >= 0.3 is 0 Å². The van der Waals surface area contributed by atoms with E-state index >= 15 is 0 Å². The Balaban J connectivity index is 2.19. The Bertz CT molecular complexity index is 228. The van der Waals surface area contributed by atoms with Gasteiger partial charge in [-0.1, -0.05) is 20.8 Å². The van der Waals surface area contributed by atoms with Crippen molar-refractivity contribution in [1.29, 1.82) is 0 Å².